The largest absolute Gasteiger partial charge is 0.489 e. The molecule has 0 amide bonds. The Balaban J connectivity index is 2.85. The van der Waals surface area contributed by atoms with Crippen LogP contribution in [0.4, 0.5) is 0 Å². The smallest absolute Gasteiger partial charge is 0.138 e. The third-order valence-electron chi connectivity index (χ3n) is 2.51. The van der Waals surface area contributed by atoms with Crippen LogP contribution in [-0.2, 0) is 6.54 Å². The maximum Gasteiger partial charge on any atom is 0.138 e. The van der Waals surface area contributed by atoms with E-state index in [0.29, 0.717) is 0 Å². The van der Waals surface area contributed by atoms with Crippen LogP contribution in [0.5, 0.6) is 5.75 Å². The van der Waals surface area contributed by atoms with E-state index in [-0.39, 0.29) is 6.10 Å². The molecule has 1 aromatic carbocycles. The first-order chi connectivity index (χ1) is 7.69. The first-order valence-electron chi connectivity index (χ1n) is 5.83. The first-order valence-corrected chi connectivity index (χ1v) is 6.63. The highest BCUT2D eigenvalue weighted by atomic mass is 79.9. The summed E-state index contributed by atoms with van der Waals surface area (Å²) in [6.45, 7) is 8.14. The Morgan fingerprint density at radius 3 is 2.75 bits per heavy atom. The average Bonchev–Trinajstić information content (AvgIpc) is 2.29. The van der Waals surface area contributed by atoms with Gasteiger partial charge in [-0.1, -0.05) is 26.0 Å². The SMILES string of the molecule is CCNCc1cccc(Br)c1OC(C)CC. The second kappa shape index (κ2) is 6.92. The topological polar surface area (TPSA) is 21.3 Å². The molecule has 0 fully saturated rings. The molecule has 0 aliphatic heterocycles. The predicted molar refractivity (Wildman–Crippen MR) is 71.9 cm³/mol. The zero-order chi connectivity index (χ0) is 12.0. The molecule has 3 heteroatoms. The minimum absolute atomic E-state index is 0.249. The van der Waals surface area contributed by atoms with Crippen molar-refractivity contribution in [3.63, 3.8) is 0 Å². The summed E-state index contributed by atoms with van der Waals surface area (Å²) in [6.07, 6.45) is 1.26. The lowest BCUT2D eigenvalue weighted by molar-refractivity contribution is 0.213. The molecule has 1 N–H and O–H groups in total. The van der Waals surface area contributed by atoms with Crippen LogP contribution in [0.1, 0.15) is 32.8 Å². The van der Waals surface area contributed by atoms with Crippen molar-refractivity contribution in [2.45, 2.75) is 39.8 Å². The third-order valence-corrected chi connectivity index (χ3v) is 3.13. The number of halogens is 1. The van der Waals surface area contributed by atoms with E-state index < -0.39 is 0 Å². The van der Waals surface area contributed by atoms with Gasteiger partial charge in [0.25, 0.3) is 0 Å². The summed E-state index contributed by atoms with van der Waals surface area (Å²) in [4.78, 5) is 0. The standard InChI is InChI=1S/C13H20BrNO/c1-4-10(3)16-13-11(9-15-5-2)7-6-8-12(13)14/h6-8,10,15H,4-5,9H2,1-3H3. The van der Waals surface area contributed by atoms with Crippen LogP contribution < -0.4 is 10.1 Å². The Labute approximate surface area is 107 Å². The summed E-state index contributed by atoms with van der Waals surface area (Å²) < 4.78 is 6.97. The number of benzene rings is 1. The van der Waals surface area contributed by atoms with Gasteiger partial charge < -0.3 is 10.1 Å². The van der Waals surface area contributed by atoms with Gasteiger partial charge in [-0.2, -0.15) is 0 Å². The molecule has 16 heavy (non-hydrogen) atoms. The molecule has 1 atom stereocenters. The van der Waals surface area contributed by atoms with Crippen molar-refractivity contribution in [1.29, 1.82) is 0 Å². The zero-order valence-electron chi connectivity index (χ0n) is 10.2. The van der Waals surface area contributed by atoms with Gasteiger partial charge in [-0.05, 0) is 41.9 Å². The summed E-state index contributed by atoms with van der Waals surface area (Å²) in [6, 6.07) is 6.17. The van der Waals surface area contributed by atoms with E-state index >= 15 is 0 Å². The first kappa shape index (κ1) is 13.5. The van der Waals surface area contributed by atoms with Crippen molar-refractivity contribution in [2.24, 2.45) is 0 Å². The van der Waals surface area contributed by atoms with Gasteiger partial charge in [0.05, 0.1) is 10.6 Å². The predicted octanol–water partition coefficient (Wildman–Crippen LogP) is 3.74. The molecule has 0 heterocycles. The quantitative estimate of drug-likeness (QED) is 0.860. The number of hydrogen-bond acceptors (Lipinski definition) is 2. The Kier molecular flexibility index (Phi) is 5.85. The summed E-state index contributed by atoms with van der Waals surface area (Å²) in [5, 5.41) is 3.32. The van der Waals surface area contributed by atoms with Gasteiger partial charge in [0.1, 0.15) is 5.75 Å². The summed E-state index contributed by atoms with van der Waals surface area (Å²) >= 11 is 3.54. The summed E-state index contributed by atoms with van der Waals surface area (Å²) in [7, 11) is 0. The molecule has 90 valence electrons. The molecule has 0 saturated carbocycles. The summed E-state index contributed by atoms with van der Waals surface area (Å²) in [5.74, 6) is 0.970. The van der Waals surface area contributed by atoms with Crippen LogP contribution in [0.25, 0.3) is 0 Å². The second-order valence-corrected chi connectivity index (χ2v) is 4.70. The van der Waals surface area contributed by atoms with Crippen molar-refractivity contribution in [2.75, 3.05) is 6.54 Å². The van der Waals surface area contributed by atoms with Gasteiger partial charge in [0.2, 0.25) is 0 Å². The highest BCUT2D eigenvalue weighted by Crippen LogP contribution is 2.30. The molecule has 1 unspecified atom stereocenters. The number of ether oxygens (including phenoxy) is 1. The van der Waals surface area contributed by atoms with E-state index in [4.69, 9.17) is 4.74 Å². The lowest BCUT2D eigenvalue weighted by Crippen LogP contribution is -2.16. The molecule has 0 aliphatic carbocycles. The Morgan fingerprint density at radius 2 is 2.12 bits per heavy atom. The van der Waals surface area contributed by atoms with Crippen molar-refractivity contribution in [3.8, 4) is 5.75 Å². The Bertz CT molecular complexity index is 328. The van der Waals surface area contributed by atoms with Gasteiger partial charge in [0, 0.05) is 12.1 Å². The Morgan fingerprint density at radius 1 is 1.38 bits per heavy atom. The van der Waals surface area contributed by atoms with E-state index in [1.807, 2.05) is 12.1 Å². The van der Waals surface area contributed by atoms with E-state index in [1.165, 1.54) is 5.56 Å². The van der Waals surface area contributed by atoms with Crippen LogP contribution in [0.3, 0.4) is 0 Å². The number of para-hydroxylation sites is 1. The van der Waals surface area contributed by atoms with Crippen LogP contribution >= 0.6 is 15.9 Å². The van der Waals surface area contributed by atoms with Gasteiger partial charge in [-0.15, -0.1) is 0 Å². The molecule has 0 aliphatic rings. The average molecular weight is 286 g/mol. The Hall–Kier alpha value is -0.540. The third kappa shape index (κ3) is 3.80. The maximum absolute atomic E-state index is 5.94. The molecule has 1 rings (SSSR count). The normalized spacial score (nSPS) is 12.5. The fourth-order valence-corrected chi connectivity index (χ4v) is 1.87. The molecule has 0 saturated heterocycles. The van der Waals surface area contributed by atoms with Gasteiger partial charge in [-0.3, -0.25) is 0 Å². The van der Waals surface area contributed by atoms with E-state index in [0.717, 1.165) is 29.7 Å². The maximum atomic E-state index is 5.94. The highest BCUT2D eigenvalue weighted by molar-refractivity contribution is 9.10. The van der Waals surface area contributed by atoms with Crippen molar-refractivity contribution in [3.05, 3.63) is 28.2 Å². The number of hydrogen-bond donors (Lipinski definition) is 1. The molecular weight excluding hydrogens is 266 g/mol. The fourth-order valence-electron chi connectivity index (χ4n) is 1.37. The number of nitrogens with one attached hydrogen (secondary N) is 1. The van der Waals surface area contributed by atoms with Crippen molar-refractivity contribution >= 4 is 15.9 Å². The zero-order valence-corrected chi connectivity index (χ0v) is 11.8. The second-order valence-electron chi connectivity index (χ2n) is 3.85. The van der Waals surface area contributed by atoms with Crippen molar-refractivity contribution in [1.82, 2.24) is 5.32 Å². The molecule has 1 aromatic rings. The van der Waals surface area contributed by atoms with Gasteiger partial charge in [-0.25, -0.2) is 0 Å². The van der Waals surface area contributed by atoms with Crippen LogP contribution in [0.2, 0.25) is 0 Å². The van der Waals surface area contributed by atoms with Crippen molar-refractivity contribution < 1.29 is 4.74 Å². The van der Waals surface area contributed by atoms with Gasteiger partial charge in [0.15, 0.2) is 0 Å². The molecule has 0 spiro atoms. The lowest BCUT2D eigenvalue weighted by atomic mass is 10.2. The molecule has 0 aromatic heterocycles. The highest BCUT2D eigenvalue weighted by Gasteiger charge is 2.10. The fraction of sp³-hybridized carbons (Fsp3) is 0.538. The molecule has 2 nitrogen and oxygen atoms in total. The molecule has 0 radical (unpaired) electrons. The number of rotatable bonds is 6. The van der Waals surface area contributed by atoms with E-state index in [2.05, 4.69) is 48.1 Å². The van der Waals surface area contributed by atoms with Gasteiger partial charge >= 0.3 is 0 Å². The minimum atomic E-state index is 0.249. The summed E-state index contributed by atoms with van der Waals surface area (Å²) in [5.41, 5.74) is 1.21. The van der Waals surface area contributed by atoms with Crippen LogP contribution in [0, 0.1) is 0 Å². The monoisotopic (exact) mass is 285 g/mol. The molecule has 0 bridgehead atoms. The van der Waals surface area contributed by atoms with E-state index in [9.17, 15) is 0 Å². The molecular formula is C13H20BrNO. The minimum Gasteiger partial charge on any atom is -0.489 e. The van der Waals surface area contributed by atoms with Crippen LogP contribution in [0.15, 0.2) is 22.7 Å². The van der Waals surface area contributed by atoms with E-state index in [1.54, 1.807) is 0 Å². The lowest BCUT2D eigenvalue weighted by Gasteiger charge is -2.17. The van der Waals surface area contributed by atoms with Crippen LogP contribution in [-0.4, -0.2) is 12.6 Å².